The Labute approximate surface area is 180 Å². The molecule has 5 nitrogen and oxygen atoms in total. The van der Waals surface area contributed by atoms with E-state index in [1.54, 1.807) is 0 Å². The number of amides is 2. The third kappa shape index (κ3) is 4.32. The van der Waals surface area contributed by atoms with Crippen molar-refractivity contribution in [3.05, 3.63) is 58.1 Å². The fourth-order valence-electron chi connectivity index (χ4n) is 4.22. The molecule has 2 aromatic carbocycles. The number of anilines is 2. The Kier molecular flexibility index (Phi) is 5.90. The second-order valence-corrected chi connectivity index (χ2v) is 8.65. The average molecular weight is 456 g/mol. The number of halogens is 1. The van der Waals surface area contributed by atoms with E-state index < -0.39 is 0 Å². The second kappa shape index (κ2) is 8.57. The molecule has 0 radical (unpaired) electrons. The van der Waals surface area contributed by atoms with Gasteiger partial charge in [-0.25, -0.2) is 0 Å². The lowest BCUT2D eigenvalue weighted by Crippen LogP contribution is -2.41. The van der Waals surface area contributed by atoms with Crippen LogP contribution in [-0.4, -0.2) is 42.9 Å². The van der Waals surface area contributed by atoms with Crippen molar-refractivity contribution in [2.45, 2.75) is 26.2 Å². The fraction of sp³-hybridized carbons (Fsp3) is 0.391. The third-order valence-corrected chi connectivity index (χ3v) is 6.50. The van der Waals surface area contributed by atoms with E-state index in [1.165, 1.54) is 11.3 Å². The van der Waals surface area contributed by atoms with Gasteiger partial charge in [-0.3, -0.25) is 9.59 Å². The Morgan fingerprint density at radius 2 is 1.79 bits per heavy atom. The molecule has 2 aliphatic rings. The molecule has 0 aliphatic carbocycles. The number of carbonyl (C=O) groups is 2. The average Bonchev–Trinajstić information content (AvgIpc) is 3.16. The van der Waals surface area contributed by atoms with Gasteiger partial charge in [-0.2, -0.15) is 0 Å². The summed E-state index contributed by atoms with van der Waals surface area (Å²) in [5.41, 5.74) is 4.14. The Balaban J connectivity index is 1.34. The molecule has 1 N–H and O–H groups in total. The van der Waals surface area contributed by atoms with Gasteiger partial charge in [0.05, 0.1) is 0 Å². The van der Waals surface area contributed by atoms with Crippen LogP contribution in [0.3, 0.4) is 0 Å². The van der Waals surface area contributed by atoms with Gasteiger partial charge >= 0.3 is 0 Å². The summed E-state index contributed by atoms with van der Waals surface area (Å²) in [6.07, 6.45) is 2.46. The van der Waals surface area contributed by atoms with Crippen LogP contribution >= 0.6 is 15.9 Å². The first-order chi connectivity index (χ1) is 14.0. The zero-order valence-corrected chi connectivity index (χ0v) is 18.2. The van der Waals surface area contributed by atoms with Crippen molar-refractivity contribution in [1.82, 2.24) is 4.90 Å². The molecule has 0 atom stereocenters. The van der Waals surface area contributed by atoms with Crippen molar-refractivity contribution in [2.24, 2.45) is 5.92 Å². The number of hydrogen-bond acceptors (Lipinski definition) is 3. The molecule has 2 amide bonds. The van der Waals surface area contributed by atoms with Gasteiger partial charge < -0.3 is 15.1 Å². The van der Waals surface area contributed by atoms with Crippen LogP contribution in [0.4, 0.5) is 11.4 Å². The van der Waals surface area contributed by atoms with E-state index in [9.17, 15) is 9.59 Å². The van der Waals surface area contributed by atoms with E-state index in [0.29, 0.717) is 31.5 Å². The predicted molar refractivity (Wildman–Crippen MR) is 119 cm³/mol. The maximum absolute atomic E-state index is 12.8. The summed E-state index contributed by atoms with van der Waals surface area (Å²) >= 11 is 3.39. The van der Waals surface area contributed by atoms with Gasteiger partial charge in [-0.1, -0.05) is 22.0 Å². The van der Waals surface area contributed by atoms with E-state index in [0.717, 1.165) is 29.7 Å². The molecule has 0 unspecified atom stereocenters. The van der Waals surface area contributed by atoms with Gasteiger partial charge in [-0.05, 0) is 68.1 Å². The zero-order chi connectivity index (χ0) is 20.4. The van der Waals surface area contributed by atoms with E-state index in [4.69, 9.17) is 0 Å². The van der Waals surface area contributed by atoms with E-state index in [-0.39, 0.29) is 17.7 Å². The molecule has 0 aromatic heterocycles. The lowest BCUT2D eigenvalue weighted by molar-refractivity contribution is -0.121. The number of likely N-dealkylation sites (tertiary alicyclic amines) is 1. The molecular formula is C23H26BrN3O2. The highest BCUT2D eigenvalue weighted by molar-refractivity contribution is 9.10. The van der Waals surface area contributed by atoms with E-state index in [1.807, 2.05) is 35.2 Å². The van der Waals surface area contributed by atoms with Crippen LogP contribution in [-0.2, 0) is 11.2 Å². The van der Waals surface area contributed by atoms with Gasteiger partial charge in [0.1, 0.15) is 0 Å². The van der Waals surface area contributed by atoms with Crippen LogP contribution < -0.4 is 10.2 Å². The summed E-state index contributed by atoms with van der Waals surface area (Å²) in [5.74, 6) is 0.0378. The van der Waals surface area contributed by atoms with Crippen molar-refractivity contribution < 1.29 is 9.59 Å². The van der Waals surface area contributed by atoms with Gasteiger partial charge in [0.25, 0.3) is 5.91 Å². The van der Waals surface area contributed by atoms with Crippen LogP contribution in [0.2, 0.25) is 0 Å². The molecule has 0 spiro atoms. The first-order valence-corrected chi connectivity index (χ1v) is 11.1. The van der Waals surface area contributed by atoms with E-state index >= 15 is 0 Å². The minimum absolute atomic E-state index is 0.0367. The Bertz CT molecular complexity index is 905. The Morgan fingerprint density at radius 3 is 2.48 bits per heavy atom. The number of hydrogen-bond donors (Lipinski definition) is 1. The zero-order valence-electron chi connectivity index (χ0n) is 16.7. The molecular weight excluding hydrogens is 430 g/mol. The summed E-state index contributed by atoms with van der Waals surface area (Å²) in [7, 11) is 0. The summed E-state index contributed by atoms with van der Waals surface area (Å²) < 4.78 is 0.957. The minimum Gasteiger partial charge on any atom is -0.371 e. The first-order valence-electron chi connectivity index (χ1n) is 10.3. The summed E-state index contributed by atoms with van der Waals surface area (Å²) in [6.45, 7) is 5.41. The van der Waals surface area contributed by atoms with Gasteiger partial charge in [0.2, 0.25) is 5.91 Å². The summed E-state index contributed by atoms with van der Waals surface area (Å²) in [4.78, 5) is 29.6. The molecule has 0 bridgehead atoms. The maximum Gasteiger partial charge on any atom is 0.253 e. The number of nitrogens with one attached hydrogen (secondary N) is 1. The third-order valence-electron chi connectivity index (χ3n) is 5.97. The second-order valence-electron chi connectivity index (χ2n) is 7.74. The topological polar surface area (TPSA) is 52.7 Å². The number of likely N-dealkylation sites (N-methyl/N-ethyl adjacent to an activating group) is 1. The Morgan fingerprint density at radius 1 is 1.07 bits per heavy atom. The highest BCUT2D eigenvalue weighted by Gasteiger charge is 2.28. The van der Waals surface area contributed by atoms with Crippen molar-refractivity contribution in [3.8, 4) is 0 Å². The number of rotatable bonds is 4. The van der Waals surface area contributed by atoms with Crippen molar-refractivity contribution in [1.29, 1.82) is 0 Å². The van der Waals surface area contributed by atoms with Gasteiger partial charge in [-0.15, -0.1) is 0 Å². The van der Waals surface area contributed by atoms with Crippen molar-refractivity contribution in [3.63, 3.8) is 0 Å². The van der Waals surface area contributed by atoms with Crippen LogP contribution in [0.5, 0.6) is 0 Å². The fourth-order valence-corrected chi connectivity index (χ4v) is 4.48. The molecule has 2 aliphatic heterocycles. The molecule has 152 valence electrons. The number of fused-ring (bicyclic) bond motifs is 1. The maximum atomic E-state index is 12.8. The highest BCUT2D eigenvalue weighted by Crippen LogP contribution is 2.31. The first kappa shape index (κ1) is 20.0. The number of piperidine rings is 1. The number of nitrogens with zero attached hydrogens (tertiary/aromatic N) is 2. The molecule has 6 heteroatoms. The minimum atomic E-state index is -0.0560. The van der Waals surface area contributed by atoms with E-state index in [2.05, 4.69) is 45.2 Å². The predicted octanol–water partition coefficient (Wildman–Crippen LogP) is 4.32. The van der Waals surface area contributed by atoms with Crippen LogP contribution in [0.15, 0.2) is 46.9 Å². The molecule has 2 aromatic rings. The SMILES string of the molecule is CCN1CCc2ccc(NC(=O)C3CCN(C(=O)c4ccc(Br)cc4)CC3)cc21. The standard InChI is InChI=1S/C23H26BrN3O2/c1-2-26-12-9-16-5-8-20(15-21(16)26)25-22(28)17-10-13-27(14-11-17)23(29)18-3-6-19(24)7-4-18/h3-8,15,17H,2,9-14H2,1H3,(H,25,28). The summed E-state index contributed by atoms with van der Waals surface area (Å²) in [5, 5.41) is 3.09. The van der Waals surface area contributed by atoms with Crippen molar-refractivity contribution in [2.75, 3.05) is 36.4 Å². The lowest BCUT2D eigenvalue weighted by Gasteiger charge is -2.31. The van der Waals surface area contributed by atoms with Gasteiger partial charge in [0.15, 0.2) is 0 Å². The highest BCUT2D eigenvalue weighted by atomic mass is 79.9. The molecule has 1 saturated heterocycles. The number of benzene rings is 2. The van der Waals surface area contributed by atoms with Crippen LogP contribution in [0, 0.1) is 5.92 Å². The normalized spacial score (nSPS) is 16.6. The van der Waals surface area contributed by atoms with Crippen molar-refractivity contribution >= 4 is 39.1 Å². The molecule has 2 heterocycles. The molecule has 29 heavy (non-hydrogen) atoms. The van der Waals surface area contributed by atoms with Crippen LogP contribution in [0.1, 0.15) is 35.7 Å². The smallest absolute Gasteiger partial charge is 0.253 e. The van der Waals surface area contributed by atoms with Gasteiger partial charge in [0, 0.05) is 53.5 Å². The summed E-state index contributed by atoms with van der Waals surface area (Å²) in [6, 6.07) is 13.6. The number of carbonyl (C=O) groups excluding carboxylic acids is 2. The largest absolute Gasteiger partial charge is 0.371 e. The quantitative estimate of drug-likeness (QED) is 0.746. The monoisotopic (exact) mass is 455 g/mol. The molecule has 4 rings (SSSR count). The van der Waals surface area contributed by atoms with Crippen LogP contribution in [0.25, 0.3) is 0 Å². The Hall–Kier alpha value is -2.34. The lowest BCUT2D eigenvalue weighted by atomic mass is 9.95. The molecule has 1 fully saturated rings. The molecule has 0 saturated carbocycles.